The van der Waals surface area contributed by atoms with E-state index in [1.54, 1.807) is 6.92 Å². The molecule has 24 heavy (non-hydrogen) atoms. The lowest BCUT2D eigenvalue weighted by Gasteiger charge is -2.36. The number of anilines is 1. The summed E-state index contributed by atoms with van der Waals surface area (Å²) in [6.07, 6.45) is 3.78. The molecule has 1 saturated carbocycles. The van der Waals surface area contributed by atoms with Crippen LogP contribution >= 0.6 is 0 Å². The summed E-state index contributed by atoms with van der Waals surface area (Å²) in [6, 6.07) is 10.7. The van der Waals surface area contributed by atoms with E-state index in [1.165, 1.54) is 24.7 Å². The Morgan fingerprint density at radius 2 is 2.00 bits per heavy atom. The molecule has 5 nitrogen and oxygen atoms in total. The zero-order valence-corrected chi connectivity index (χ0v) is 14.2. The first kappa shape index (κ1) is 16.4. The molecule has 0 bridgehead atoms. The molecule has 1 aromatic heterocycles. The first-order valence-corrected chi connectivity index (χ1v) is 8.46. The number of hydrogen-bond acceptors (Lipinski definition) is 5. The second-order valence-electron chi connectivity index (χ2n) is 6.24. The number of ether oxygens (including phenoxy) is 1. The van der Waals surface area contributed by atoms with Gasteiger partial charge in [-0.15, -0.1) is 0 Å². The van der Waals surface area contributed by atoms with E-state index in [2.05, 4.69) is 45.6 Å². The van der Waals surface area contributed by atoms with E-state index in [0.29, 0.717) is 24.1 Å². The average molecular weight is 325 g/mol. The van der Waals surface area contributed by atoms with E-state index in [9.17, 15) is 4.79 Å². The van der Waals surface area contributed by atoms with Crippen molar-refractivity contribution in [2.75, 3.05) is 18.5 Å². The van der Waals surface area contributed by atoms with Crippen molar-refractivity contribution in [3.8, 4) is 0 Å². The lowest BCUT2D eigenvalue weighted by molar-refractivity contribution is 0.0518. The van der Waals surface area contributed by atoms with Crippen molar-refractivity contribution in [3.63, 3.8) is 0 Å². The predicted octanol–water partition coefficient (Wildman–Crippen LogP) is 3.57. The number of carbonyl (C=O) groups excluding carboxylic acids is 1. The lowest BCUT2D eigenvalue weighted by Crippen LogP contribution is -2.28. The normalized spacial score (nSPS) is 19.4. The molecule has 0 unspecified atom stereocenters. The highest BCUT2D eigenvalue weighted by atomic mass is 16.5. The summed E-state index contributed by atoms with van der Waals surface area (Å²) in [5, 5.41) is 3.37. The minimum absolute atomic E-state index is 0.338. The fourth-order valence-corrected chi connectivity index (χ4v) is 3.17. The molecule has 0 aliphatic heterocycles. The Morgan fingerprint density at radius 1 is 1.25 bits per heavy atom. The van der Waals surface area contributed by atoms with Crippen LogP contribution in [0.3, 0.4) is 0 Å². The summed E-state index contributed by atoms with van der Waals surface area (Å²) in [4.78, 5) is 20.2. The fourth-order valence-electron chi connectivity index (χ4n) is 3.17. The lowest BCUT2D eigenvalue weighted by atomic mass is 9.71. The van der Waals surface area contributed by atoms with Crippen LogP contribution in [-0.2, 0) is 4.74 Å². The van der Waals surface area contributed by atoms with Gasteiger partial charge < -0.3 is 10.1 Å². The van der Waals surface area contributed by atoms with Crippen LogP contribution in [0.4, 0.5) is 5.82 Å². The zero-order chi connectivity index (χ0) is 16.9. The number of carbonyl (C=O) groups is 1. The molecule has 1 aromatic carbocycles. The Balaban J connectivity index is 1.55. The maximum atomic E-state index is 11.9. The van der Waals surface area contributed by atoms with Gasteiger partial charge in [0.15, 0.2) is 5.69 Å². The Morgan fingerprint density at radius 3 is 2.71 bits per heavy atom. The third kappa shape index (κ3) is 3.55. The second-order valence-corrected chi connectivity index (χ2v) is 6.24. The van der Waals surface area contributed by atoms with Gasteiger partial charge in [0.05, 0.1) is 6.61 Å². The van der Waals surface area contributed by atoms with Crippen molar-refractivity contribution in [2.24, 2.45) is 5.92 Å². The molecule has 0 radical (unpaired) electrons. The second kappa shape index (κ2) is 7.43. The van der Waals surface area contributed by atoms with Gasteiger partial charge in [-0.1, -0.05) is 30.3 Å². The van der Waals surface area contributed by atoms with E-state index in [0.717, 1.165) is 17.9 Å². The monoisotopic (exact) mass is 325 g/mol. The van der Waals surface area contributed by atoms with Crippen LogP contribution in [0.1, 0.15) is 47.3 Å². The highest BCUT2D eigenvalue weighted by molar-refractivity contribution is 5.90. The Hall–Kier alpha value is -2.43. The molecule has 0 atom stereocenters. The molecule has 3 rings (SSSR count). The highest BCUT2D eigenvalue weighted by Crippen LogP contribution is 2.41. The summed E-state index contributed by atoms with van der Waals surface area (Å²) in [5.74, 6) is 1.62. The molecule has 126 valence electrons. The first-order chi connectivity index (χ1) is 11.7. The van der Waals surface area contributed by atoms with Crippen LogP contribution in [0.2, 0.25) is 0 Å². The van der Waals surface area contributed by atoms with Gasteiger partial charge >= 0.3 is 5.97 Å². The number of hydrogen-bond donors (Lipinski definition) is 1. The summed E-state index contributed by atoms with van der Waals surface area (Å²) >= 11 is 0. The first-order valence-electron chi connectivity index (χ1n) is 8.46. The maximum absolute atomic E-state index is 11.9. The van der Waals surface area contributed by atoms with Crippen LogP contribution in [0.15, 0.2) is 36.7 Å². The van der Waals surface area contributed by atoms with Crippen molar-refractivity contribution in [3.05, 3.63) is 53.5 Å². The van der Waals surface area contributed by atoms with Gasteiger partial charge in [0, 0.05) is 12.1 Å². The summed E-state index contributed by atoms with van der Waals surface area (Å²) < 4.78 is 5.03. The Bertz CT molecular complexity index is 697. The van der Waals surface area contributed by atoms with Crippen molar-refractivity contribution < 1.29 is 9.53 Å². The van der Waals surface area contributed by atoms with Crippen LogP contribution in [-0.4, -0.2) is 29.1 Å². The SMILES string of the molecule is CCOC(=O)c1ncnc(NCC2CC(c3ccccc3)C2)c1C. The molecule has 1 aliphatic carbocycles. The maximum Gasteiger partial charge on any atom is 0.357 e. The zero-order valence-electron chi connectivity index (χ0n) is 14.2. The molecule has 5 heteroatoms. The van der Waals surface area contributed by atoms with E-state index in [-0.39, 0.29) is 0 Å². The molecule has 1 fully saturated rings. The van der Waals surface area contributed by atoms with Gasteiger partial charge in [0.2, 0.25) is 0 Å². The van der Waals surface area contributed by atoms with Gasteiger partial charge in [0.1, 0.15) is 12.1 Å². The average Bonchev–Trinajstić information content (AvgIpc) is 2.56. The third-order valence-electron chi connectivity index (χ3n) is 4.62. The number of nitrogens with zero attached hydrogens (tertiary/aromatic N) is 2. The molecule has 0 amide bonds. The van der Waals surface area contributed by atoms with Crippen LogP contribution in [0.25, 0.3) is 0 Å². The largest absolute Gasteiger partial charge is 0.461 e. The number of benzene rings is 1. The molecule has 0 saturated heterocycles. The smallest absolute Gasteiger partial charge is 0.357 e. The van der Waals surface area contributed by atoms with Gasteiger partial charge in [-0.05, 0) is 44.1 Å². The van der Waals surface area contributed by atoms with Crippen molar-refractivity contribution in [2.45, 2.75) is 32.6 Å². The van der Waals surface area contributed by atoms with E-state index < -0.39 is 5.97 Å². The summed E-state index contributed by atoms with van der Waals surface area (Å²) in [6.45, 7) is 4.84. The molecule has 1 heterocycles. The minimum Gasteiger partial charge on any atom is -0.461 e. The number of aromatic nitrogens is 2. The summed E-state index contributed by atoms with van der Waals surface area (Å²) in [7, 11) is 0. The highest BCUT2D eigenvalue weighted by Gasteiger charge is 2.30. The van der Waals surface area contributed by atoms with E-state index in [1.807, 2.05) is 6.92 Å². The van der Waals surface area contributed by atoms with Gasteiger partial charge in [-0.25, -0.2) is 14.8 Å². The summed E-state index contributed by atoms with van der Waals surface area (Å²) in [5.41, 5.74) is 2.51. The fraction of sp³-hybridized carbons (Fsp3) is 0.421. The van der Waals surface area contributed by atoms with Crippen LogP contribution in [0, 0.1) is 12.8 Å². The standard InChI is InChI=1S/C19H23N3O2/c1-3-24-19(23)17-13(2)18(22-12-21-17)20-11-14-9-16(10-14)15-7-5-4-6-8-15/h4-8,12,14,16H,3,9-11H2,1-2H3,(H,20,21,22). The Labute approximate surface area is 142 Å². The molecule has 0 spiro atoms. The topological polar surface area (TPSA) is 64.1 Å². The van der Waals surface area contributed by atoms with Crippen molar-refractivity contribution in [1.29, 1.82) is 0 Å². The van der Waals surface area contributed by atoms with Crippen LogP contribution in [0.5, 0.6) is 0 Å². The van der Waals surface area contributed by atoms with Gasteiger partial charge in [-0.2, -0.15) is 0 Å². The Kier molecular flexibility index (Phi) is 5.08. The predicted molar refractivity (Wildman–Crippen MR) is 93.1 cm³/mol. The number of nitrogens with one attached hydrogen (secondary N) is 1. The van der Waals surface area contributed by atoms with E-state index in [4.69, 9.17) is 4.74 Å². The molecule has 1 aliphatic rings. The van der Waals surface area contributed by atoms with Crippen LogP contribution < -0.4 is 5.32 Å². The molecular formula is C19H23N3O2. The van der Waals surface area contributed by atoms with Gasteiger partial charge in [-0.3, -0.25) is 0 Å². The van der Waals surface area contributed by atoms with Gasteiger partial charge in [0.25, 0.3) is 0 Å². The quantitative estimate of drug-likeness (QED) is 0.823. The number of esters is 1. The van der Waals surface area contributed by atoms with Crippen molar-refractivity contribution in [1.82, 2.24) is 9.97 Å². The third-order valence-corrected chi connectivity index (χ3v) is 4.62. The molecular weight excluding hydrogens is 302 g/mol. The minimum atomic E-state index is -0.395. The number of rotatable bonds is 6. The van der Waals surface area contributed by atoms with E-state index >= 15 is 0 Å². The molecule has 1 N–H and O–H groups in total. The van der Waals surface area contributed by atoms with Crippen molar-refractivity contribution >= 4 is 11.8 Å². The molecule has 2 aromatic rings.